The lowest BCUT2D eigenvalue weighted by atomic mass is 10.9. The standard InChI is InChI=1S/C3H2N2/c1-2-5-3-4/h1-2H. The van der Waals surface area contributed by atoms with Crippen LogP contribution in [-0.4, -0.2) is 6.21 Å². The number of hydrogen-bond donors (Lipinski definition) is 0. The van der Waals surface area contributed by atoms with E-state index in [-0.39, 0.29) is 0 Å². The van der Waals surface area contributed by atoms with Gasteiger partial charge in [0, 0.05) is 13.1 Å². The van der Waals surface area contributed by atoms with Crippen LogP contribution in [0.15, 0.2) is 4.99 Å². The van der Waals surface area contributed by atoms with Crippen molar-refractivity contribution in [3.63, 3.8) is 0 Å². The summed E-state index contributed by atoms with van der Waals surface area (Å²) in [6.45, 7) is 4.62. The van der Waals surface area contributed by atoms with E-state index in [1.165, 1.54) is 6.19 Å². The molecule has 0 aliphatic rings. The van der Waals surface area contributed by atoms with E-state index in [1.807, 2.05) is 0 Å². The molecule has 2 radical (unpaired) electrons. The van der Waals surface area contributed by atoms with E-state index in [2.05, 4.69) is 11.9 Å². The molecular weight excluding hydrogens is 64.0 g/mol. The maximum atomic E-state index is 7.54. The van der Waals surface area contributed by atoms with E-state index in [9.17, 15) is 0 Å². The summed E-state index contributed by atoms with van der Waals surface area (Å²) in [7, 11) is 0. The van der Waals surface area contributed by atoms with Crippen molar-refractivity contribution in [1.29, 1.82) is 5.26 Å². The smallest absolute Gasteiger partial charge is 0.186 e. The summed E-state index contributed by atoms with van der Waals surface area (Å²) in [6.07, 6.45) is 2.41. The molecule has 24 valence electrons. The molecule has 5 heavy (non-hydrogen) atoms. The summed E-state index contributed by atoms with van der Waals surface area (Å²) in [5.41, 5.74) is 0. The van der Waals surface area contributed by atoms with Gasteiger partial charge in [0.15, 0.2) is 0 Å². The second kappa shape index (κ2) is 3.16. The van der Waals surface area contributed by atoms with Gasteiger partial charge >= 0.3 is 0 Å². The first-order valence-corrected chi connectivity index (χ1v) is 1.04. The molecule has 0 amide bonds. The third-order valence-corrected chi connectivity index (χ3v) is 0.132. The van der Waals surface area contributed by atoms with Crippen LogP contribution in [0.5, 0.6) is 0 Å². The Morgan fingerprint density at radius 1 is 2.00 bits per heavy atom. The van der Waals surface area contributed by atoms with Gasteiger partial charge in [0.1, 0.15) is 0 Å². The lowest BCUT2D eigenvalue weighted by molar-refractivity contribution is 1.45. The SMILES string of the molecule is [CH]C=NC#N. The Hall–Kier alpha value is -0.840. The molecule has 2 nitrogen and oxygen atoms in total. The van der Waals surface area contributed by atoms with Crippen LogP contribution >= 0.6 is 0 Å². The van der Waals surface area contributed by atoms with Crippen LogP contribution in [0.2, 0.25) is 0 Å². The molecule has 0 N–H and O–H groups in total. The van der Waals surface area contributed by atoms with Crippen LogP contribution in [0.1, 0.15) is 0 Å². The quantitative estimate of drug-likeness (QED) is 0.295. The minimum Gasteiger partial charge on any atom is -0.186 e. The van der Waals surface area contributed by atoms with Crippen LogP contribution < -0.4 is 0 Å². The van der Waals surface area contributed by atoms with Gasteiger partial charge in [0.2, 0.25) is 6.19 Å². The van der Waals surface area contributed by atoms with Gasteiger partial charge in [-0.3, -0.25) is 0 Å². The molecule has 2 heteroatoms. The van der Waals surface area contributed by atoms with Gasteiger partial charge in [-0.15, -0.1) is 0 Å². The van der Waals surface area contributed by atoms with Crippen LogP contribution in [0.4, 0.5) is 0 Å². The van der Waals surface area contributed by atoms with Crippen molar-refractivity contribution in [2.45, 2.75) is 0 Å². The summed E-state index contributed by atoms with van der Waals surface area (Å²) in [4.78, 5) is 2.93. The largest absolute Gasteiger partial charge is 0.205 e. The summed E-state index contributed by atoms with van der Waals surface area (Å²) in [5.74, 6) is 0. The number of nitriles is 1. The minimum atomic E-state index is 0.944. The Balaban J connectivity index is 3.04. The van der Waals surface area contributed by atoms with E-state index in [0.29, 0.717) is 0 Å². The minimum absolute atomic E-state index is 0.944. The van der Waals surface area contributed by atoms with Gasteiger partial charge in [-0.25, -0.2) is 0 Å². The second-order valence-corrected chi connectivity index (χ2v) is 0.378. The highest BCUT2D eigenvalue weighted by molar-refractivity contribution is 5.62. The molecule has 0 aliphatic carbocycles. The monoisotopic (exact) mass is 66.0 g/mol. The van der Waals surface area contributed by atoms with E-state index in [1.54, 1.807) is 0 Å². The fourth-order valence-electron chi connectivity index (χ4n) is 0.0333. The molecule has 0 aliphatic heterocycles. The van der Waals surface area contributed by atoms with Crippen LogP contribution in [0.25, 0.3) is 0 Å². The van der Waals surface area contributed by atoms with Crippen LogP contribution in [0, 0.1) is 18.4 Å². The van der Waals surface area contributed by atoms with Gasteiger partial charge in [0.25, 0.3) is 0 Å². The maximum absolute atomic E-state index is 7.54. The number of rotatable bonds is 0. The molecule has 0 atom stereocenters. The molecule has 0 unspecified atom stereocenters. The first kappa shape index (κ1) is 4.16. The molecule has 0 spiro atoms. The summed E-state index contributed by atoms with van der Waals surface area (Å²) >= 11 is 0. The summed E-state index contributed by atoms with van der Waals surface area (Å²) in [6, 6.07) is 0. The third kappa shape index (κ3) is 3.16. The van der Waals surface area contributed by atoms with Crippen LogP contribution in [0.3, 0.4) is 0 Å². The number of hydrogen-bond acceptors (Lipinski definition) is 2. The Morgan fingerprint density at radius 3 is 2.60 bits per heavy atom. The molecule has 0 aromatic carbocycles. The maximum Gasteiger partial charge on any atom is 0.205 e. The van der Waals surface area contributed by atoms with Crippen molar-refractivity contribution in [2.24, 2.45) is 4.99 Å². The highest BCUT2D eigenvalue weighted by Crippen LogP contribution is 1.47. The van der Waals surface area contributed by atoms with Crippen LogP contribution in [-0.2, 0) is 0 Å². The lowest BCUT2D eigenvalue weighted by Gasteiger charge is -1.48. The average molecular weight is 66.1 g/mol. The zero-order valence-electron chi connectivity index (χ0n) is 2.55. The molecule has 0 heterocycles. The van der Waals surface area contributed by atoms with Crippen molar-refractivity contribution in [3.05, 3.63) is 6.92 Å². The predicted molar refractivity (Wildman–Crippen MR) is 18.4 cm³/mol. The topological polar surface area (TPSA) is 36.1 Å². The molecular formula is C3H2N2. The predicted octanol–water partition coefficient (Wildman–Crippen LogP) is 0.249. The molecule has 0 aromatic rings. The van der Waals surface area contributed by atoms with E-state index < -0.39 is 0 Å². The molecule has 0 saturated carbocycles. The summed E-state index contributed by atoms with van der Waals surface area (Å²) in [5, 5.41) is 7.54. The van der Waals surface area contributed by atoms with Crippen molar-refractivity contribution < 1.29 is 0 Å². The fourth-order valence-corrected chi connectivity index (χ4v) is 0.0333. The number of aliphatic imine (C=N–C) groups is 1. The van der Waals surface area contributed by atoms with E-state index >= 15 is 0 Å². The van der Waals surface area contributed by atoms with E-state index in [0.717, 1.165) is 6.21 Å². The van der Waals surface area contributed by atoms with Crippen molar-refractivity contribution in [1.82, 2.24) is 0 Å². The van der Waals surface area contributed by atoms with E-state index in [4.69, 9.17) is 5.26 Å². The molecule has 0 rings (SSSR count). The lowest BCUT2D eigenvalue weighted by Crippen LogP contribution is -1.48. The molecule has 0 fully saturated rings. The molecule has 0 aromatic heterocycles. The number of nitrogens with zero attached hydrogens (tertiary/aromatic N) is 2. The Bertz CT molecular complexity index is 67.5. The van der Waals surface area contributed by atoms with Crippen molar-refractivity contribution in [3.8, 4) is 6.19 Å². The van der Waals surface area contributed by atoms with Gasteiger partial charge in [-0.1, -0.05) is 0 Å². The van der Waals surface area contributed by atoms with Crippen molar-refractivity contribution >= 4 is 6.21 Å². The molecule has 0 saturated heterocycles. The molecule has 0 bridgehead atoms. The normalized spacial score (nSPS) is 8.00. The summed E-state index contributed by atoms with van der Waals surface area (Å²) < 4.78 is 0. The zero-order chi connectivity index (χ0) is 4.12. The first-order valence-electron chi connectivity index (χ1n) is 1.04. The van der Waals surface area contributed by atoms with Gasteiger partial charge in [0.05, 0.1) is 0 Å². The Labute approximate surface area is 30.8 Å². The van der Waals surface area contributed by atoms with Gasteiger partial charge in [-0.05, 0) is 0 Å². The highest BCUT2D eigenvalue weighted by atomic mass is 14.7. The fraction of sp³-hybridized carbons (Fsp3) is 0. The Morgan fingerprint density at radius 2 is 2.60 bits per heavy atom. The third-order valence-electron chi connectivity index (χ3n) is 0.132. The van der Waals surface area contributed by atoms with Gasteiger partial charge < -0.3 is 0 Å². The Kier molecular flexibility index (Phi) is 2.63. The van der Waals surface area contributed by atoms with Crippen molar-refractivity contribution in [2.75, 3.05) is 0 Å². The average Bonchev–Trinajstić information content (AvgIpc) is 1.41. The van der Waals surface area contributed by atoms with Gasteiger partial charge in [-0.2, -0.15) is 10.3 Å². The first-order chi connectivity index (χ1) is 2.41. The highest BCUT2D eigenvalue weighted by Gasteiger charge is 1.45. The zero-order valence-corrected chi connectivity index (χ0v) is 2.55. The second-order valence-electron chi connectivity index (χ2n) is 0.378.